The molecule has 1 fully saturated rings. The maximum atomic E-state index is 13.1. The normalized spacial score (nSPS) is 13.2. The van der Waals surface area contributed by atoms with E-state index in [2.05, 4.69) is 15.2 Å². The second-order valence-corrected chi connectivity index (χ2v) is 8.52. The molecule has 32 heavy (non-hydrogen) atoms. The lowest BCUT2D eigenvalue weighted by molar-refractivity contribution is -0.129. The Morgan fingerprint density at radius 2 is 1.88 bits per heavy atom. The van der Waals surface area contributed by atoms with Gasteiger partial charge in [0.05, 0.1) is 26.0 Å². The fourth-order valence-electron chi connectivity index (χ4n) is 3.44. The van der Waals surface area contributed by atoms with Gasteiger partial charge < -0.3 is 14.4 Å². The monoisotopic (exact) mass is 453 g/mol. The number of ether oxygens (including phenoxy) is 2. The number of aromatic nitrogens is 4. The Morgan fingerprint density at radius 3 is 2.53 bits per heavy atom. The van der Waals surface area contributed by atoms with Crippen molar-refractivity contribution >= 4 is 17.7 Å². The van der Waals surface area contributed by atoms with Crippen LogP contribution in [0.15, 0.2) is 53.9 Å². The number of amides is 1. The number of rotatable bonds is 11. The van der Waals surface area contributed by atoms with E-state index in [1.54, 1.807) is 26.6 Å². The van der Waals surface area contributed by atoms with Gasteiger partial charge in [-0.2, -0.15) is 0 Å². The van der Waals surface area contributed by atoms with Crippen molar-refractivity contribution in [3.05, 3.63) is 54.4 Å². The van der Waals surface area contributed by atoms with Crippen molar-refractivity contribution in [2.75, 3.05) is 26.6 Å². The van der Waals surface area contributed by atoms with Gasteiger partial charge in [-0.1, -0.05) is 23.9 Å². The fraction of sp³-hybridized carbons (Fsp3) is 0.391. The molecule has 0 aliphatic heterocycles. The van der Waals surface area contributed by atoms with Crippen LogP contribution in [-0.4, -0.2) is 63.2 Å². The molecule has 3 aromatic rings. The molecule has 0 radical (unpaired) electrons. The highest BCUT2D eigenvalue weighted by molar-refractivity contribution is 7.99. The van der Waals surface area contributed by atoms with E-state index in [0.29, 0.717) is 36.6 Å². The largest absolute Gasteiger partial charge is 0.497 e. The van der Waals surface area contributed by atoms with Crippen molar-refractivity contribution < 1.29 is 14.3 Å². The number of hydrogen-bond donors (Lipinski definition) is 0. The van der Waals surface area contributed by atoms with Gasteiger partial charge in [-0.15, -0.1) is 10.2 Å². The molecule has 8 nitrogen and oxygen atoms in total. The first-order chi connectivity index (χ1) is 15.7. The first-order valence-corrected chi connectivity index (χ1v) is 11.6. The number of pyridine rings is 1. The fourth-order valence-corrected chi connectivity index (χ4v) is 4.29. The predicted molar refractivity (Wildman–Crippen MR) is 122 cm³/mol. The topological polar surface area (TPSA) is 82.4 Å². The highest BCUT2D eigenvalue weighted by Crippen LogP contribution is 2.30. The Hall–Kier alpha value is -2.91. The van der Waals surface area contributed by atoms with Crippen LogP contribution in [0.2, 0.25) is 0 Å². The zero-order chi connectivity index (χ0) is 22.3. The minimum atomic E-state index is 0.111. The summed E-state index contributed by atoms with van der Waals surface area (Å²) in [6.07, 6.45) is 5.58. The first-order valence-electron chi connectivity index (χ1n) is 10.6. The summed E-state index contributed by atoms with van der Waals surface area (Å²) in [4.78, 5) is 19.2. The van der Waals surface area contributed by atoms with Gasteiger partial charge in [-0.25, -0.2) is 0 Å². The van der Waals surface area contributed by atoms with E-state index in [0.717, 1.165) is 35.5 Å². The smallest absolute Gasteiger partial charge is 0.233 e. The zero-order valence-corrected chi connectivity index (χ0v) is 19.1. The highest BCUT2D eigenvalue weighted by atomic mass is 32.2. The van der Waals surface area contributed by atoms with E-state index in [4.69, 9.17) is 9.47 Å². The van der Waals surface area contributed by atoms with Gasteiger partial charge in [-0.3, -0.25) is 14.3 Å². The number of thioether (sulfide) groups is 1. The molecular formula is C23H27N5O3S. The van der Waals surface area contributed by atoms with E-state index in [-0.39, 0.29) is 5.91 Å². The molecule has 168 valence electrons. The third-order valence-electron chi connectivity index (χ3n) is 5.32. The maximum Gasteiger partial charge on any atom is 0.233 e. The quantitative estimate of drug-likeness (QED) is 0.412. The second kappa shape index (κ2) is 10.6. The Morgan fingerprint density at radius 1 is 1.12 bits per heavy atom. The van der Waals surface area contributed by atoms with Gasteiger partial charge in [0, 0.05) is 37.7 Å². The summed E-state index contributed by atoms with van der Waals surface area (Å²) < 4.78 is 12.5. The molecule has 0 N–H and O–H groups in total. The number of carbonyl (C=O) groups is 1. The predicted octanol–water partition coefficient (Wildman–Crippen LogP) is 3.28. The third kappa shape index (κ3) is 5.46. The molecule has 1 aromatic carbocycles. The molecule has 2 heterocycles. The number of methoxy groups -OCH3 is 2. The zero-order valence-electron chi connectivity index (χ0n) is 18.3. The van der Waals surface area contributed by atoms with Crippen molar-refractivity contribution in [2.24, 2.45) is 0 Å². The molecule has 0 bridgehead atoms. The van der Waals surface area contributed by atoms with Gasteiger partial charge in [-0.05, 0) is 42.7 Å². The molecule has 2 aromatic heterocycles. The lowest BCUT2D eigenvalue weighted by Gasteiger charge is -2.22. The van der Waals surface area contributed by atoms with Crippen LogP contribution in [0.3, 0.4) is 0 Å². The van der Waals surface area contributed by atoms with E-state index in [1.165, 1.54) is 11.8 Å². The molecule has 9 heteroatoms. The van der Waals surface area contributed by atoms with Crippen LogP contribution in [0.4, 0.5) is 0 Å². The summed E-state index contributed by atoms with van der Waals surface area (Å²) in [5.74, 6) is 1.99. The molecule has 1 amide bonds. The standard InChI is InChI=1S/C23H27N5O3S/c1-30-14-13-27-22(18-9-11-24-12-10-18)25-26-23(27)32-16-21(29)28(19-5-6-19)15-17-3-7-20(31-2)8-4-17/h3-4,7-12,19H,5-6,13-16H2,1-2H3. The summed E-state index contributed by atoms with van der Waals surface area (Å²) in [6, 6.07) is 12.0. The summed E-state index contributed by atoms with van der Waals surface area (Å²) >= 11 is 1.42. The molecule has 1 aliphatic rings. The Labute approximate surface area is 192 Å². The van der Waals surface area contributed by atoms with E-state index in [9.17, 15) is 4.79 Å². The van der Waals surface area contributed by atoms with Crippen LogP contribution in [0.1, 0.15) is 18.4 Å². The van der Waals surface area contributed by atoms with Crippen LogP contribution < -0.4 is 4.74 Å². The van der Waals surface area contributed by atoms with Gasteiger partial charge in [0.15, 0.2) is 11.0 Å². The van der Waals surface area contributed by atoms with E-state index in [1.807, 2.05) is 45.9 Å². The Kier molecular flexibility index (Phi) is 7.39. The molecule has 0 saturated heterocycles. The molecular weight excluding hydrogens is 426 g/mol. The molecule has 1 aliphatic carbocycles. The minimum absolute atomic E-state index is 0.111. The minimum Gasteiger partial charge on any atom is -0.497 e. The molecule has 1 saturated carbocycles. The summed E-state index contributed by atoms with van der Waals surface area (Å²) in [6.45, 7) is 1.74. The van der Waals surface area contributed by atoms with E-state index < -0.39 is 0 Å². The van der Waals surface area contributed by atoms with Crippen molar-refractivity contribution in [1.29, 1.82) is 0 Å². The average molecular weight is 454 g/mol. The lowest BCUT2D eigenvalue weighted by Crippen LogP contribution is -2.34. The van der Waals surface area contributed by atoms with Crippen LogP contribution in [-0.2, 0) is 22.6 Å². The number of benzene rings is 1. The molecule has 0 spiro atoms. The Bertz CT molecular complexity index is 1020. The number of nitrogens with zero attached hydrogens (tertiary/aromatic N) is 5. The molecule has 0 atom stereocenters. The SMILES string of the molecule is COCCn1c(SCC(=O)N(Cc2ccc(OC)cc2)C2CC2)nnc1-c1ccncc1. The van der Waals surface area contributed by atoms with Crippen LogP contribution >= 0.6 is 11.8 Å². The molecule has 4 rings (SSSR count). The van der Waals surface area contributed by atoms with Gasteiger partial charge >= 0.3 is 0 Å². The van der Waals surface area contributed by atoms with Gasteiger partial charge in [0.2, 0.25) is 5.91 Å². The number of hydrogen-bond acceptors (Lipinski definition) is 7. The van der Waals surface area contributed by atoms with Crippen molar-refractivity contribution in [3.8, 4) is 17.1 Å². The van der Waals surface area contributed by atoms with Crippen molar-refractivity contribution in [3.63, 3.8) is 0 Å². The second-order valence-electron chi connectivity index (χ2n) is 7.58. The summed E-state index contributed by atoms with van der Waals surface area (Å²) in [7, 11) is 3.32. The van der Waals surface area contributed by atoms with E-state index >= 15 is 0 Å². The van der Waals surface area contributed by atoms with Crippen molar-refractivity contribution in [1.82, 2.24) is 24.6 Å². The van der Waals surface area contributed by atoms with Crippen LogP contribution in [0.25, 0.3) is 11.4 Å². The number of carbonyl (C=O) groups excluding carboxylic acids is 1. The first kappa shape index (κ1) is 22.3. The van der Waals surface area contributed by atoms with Crippen LogP contribution in [0.5, 0.6) is 5.75 Å². The van der Waals surface area contributed by atoms with Crippen LogP contribution in [0, 0.1) is 0 Å². The van der Waals surface area contributed by atoms with Crippen molar-refractivity contribution in [2.45, 2.75) is 37.1 Å². The molecule has 0 unspecified atom stereocenters. The summed E-state index contributed by atoms with van der Waals surface area (Å²) in [5.41, 5.74) is 2.03. The van der Waals surface area contributed by atoms with Gasteiger partial charge in [0.25, 0.3) is 0 Å². The third-order valence-corrected chi connectivity index (χ3v) is 6.27. The lowest BCUT2D eigenvalue weighted by atomic mass is 10.2. The summed E-state index contributed by atoms with van der Waals surface area (Å²) in [5, 5.41) is 9.43. The van der Waals surface area contributed by atoms with Gasteiger partial charge in [0.1, 0.15) is 5.75 Å². The maximum absolute atomic E-state index is 13.1. The Balaban J connectivity index is 1.45. The average Bonchev–Trinajstić information content (AvgIpc) is 3.60. The highest BCUT2D eigenvalue weighted by Gasteiger charge is 2.32.